The van der Waals surface area contributed by atoms with Gasteiger partial charge in [-0.15, -0.1) is 0 Å². The molecule has 0 amide bonds. The van der Waals surface area contributed by atoms with Crippen molar-refractivity contribution in [3.05, 3.63) is 0 Å². The first-order valence-corrected chi connectivity index (χ1v) is 6.00. The fourth-order valence-corrected chi connectivity index (χ4v) is 2.28. The Balaban J connectivity index is 2.36. The normalized spacial score (nSPS) is 21.5. The maximum atomic E-state index is 8.68. The first-order valence-electron chi connectivity index (χ1n) is 6.00. The Kier molecular flexibility index (Phi) is 5.07. The third-order valence-electron chi connectivity index (χ3n) is 3.66. The molecule has 15 heavy (non-hydrogen) atoms. The lowest BCUT2D eigenvalue weighted by Crippen LogP contribution is -2.46. The molecule has 1 heterocycles. The standard InChI is InChI=1S/C12H23N3/c1-4-15-9-6-12(7-10-15)14(3)11(2)5-8-13/h11-12H,4-7,9-10H2,1-3H3. The molecule has 1 unspecified atom stereocenters. The lowest BCUT2D eigenvalue weighted by molar-refractivity contribution is 0.106. The number of hydrogen-bond donors (Lipinski definition) is 0. The molecule has 0 N–H and O–H groups in total. The van der Waals surface area contributed by atoms with Gasteiger partial charge in [0.05, 0.1) is 12.5 Å². The van der Waals surface area contributed by atoms with Crippen LogP contribution in [0.3, 0.4) is 0 Å². The average molecular weight is 209 g/mol. The molecule has 1 rings (SSSR count). The smallest absolute Gasteiger partial charge is 0.0638 e. The highest BCUT2D eigenvalue weighted by molar-refractivity contribution is 4.84. The largest absolute Gasteiger partial charge is 0.303 e. The zero-order chi connectivity index (χ0) is 11.3. The van der Waals surface area contributed by atoms with Crippen molar-refractivity contribution in [2.45, 2.75) is 45.2 Å². The van der Waals surface area contributed by atoms with Crippen LogP contribution in [0.15, 0.2) is 0 Å². The van der Waals surface area contributed by atoms with Crippen LogP contribution in [-0.4, -0.2) is 48.6 Å². The molecule has 1 saturated heterocycles. The summed E-state index contributed by atoms with van der Waals surface area (Å²) in [6.07, 6.45) is 3.14. The molecule has 86 valence electrons. The summed E-state index contributed by atoms with van der Waals surface area (Å²) in [4.78, 5) is 4.88. The van der Waals surface area contributed by atoms with Gasteiger partial charge in [-0.2, -0.15) is 5.26 Å². The number of nitriles is 1. The summed E-state index contributed by atoms with van der Waals surface area (Å²) in [5.41, 5.74) is 0. The maximum Gasteiger partial charge on any atom is 0.0638 e. The monoisotopic (exact) mass is 209 g/mol. The van der Waals surface area contributed by atoms with Gasteiger partial charge in [-0.1, -0.05) is 6.92 Å². The number of nitrogens with zero attached hydrogens (tertiary/aromatic N) is 3. The second-order valence-electron chi connectivity index (χ2n) is 4.54. The van der Waals surface area contributed by atoms with Crippen LogP contribution in [-0.2, 0) is 0 Å². The molecule has 1 fully saturated rings. The molecule has 0 saturated carbocycles. The van der Waals surface area contributed by atoms with Crippen molar-refractivity contribution in [1.82, 2.24) is 9.80 Å². The van der Waals surface area contributed by atoms with Crippen molar-refractivity contribution in [3.8, 4) is 6.07 Å². The van der Waals surface area contributed by atoms with E-state index >= 15 is 0 Å². The van der Waals surface area contributed by atoms with Crippen molar-refractivity contribution in [1.29, 1.82) is 5.26 Å². The molecular formula is C12H23N3. The zero-order valence-electron chi connectivity index (χ0n) is 10.2. The Morgan fingerprint density at radius 1 is 1.47 bits per heavy atom. The van der Waals surface area contributed by atoms with Crippen LogP contribution in [0.25, 0.3) is 0 Å². The summed E-state index contributed by atoms with van der Waals surface area (Å²) < 4.78 is 0. The van der Waals surface area contributed by atoms with Gasteiger partial charge in [0.2, 0.25) is 0 Å². The van der Waals surface area contributed by atoms with Crippen molar-refractivity contribution in [3.63, 3.8) is 0 Å². The minimum Gasteiger partial charge on any atom is -0.303 e. The predicted octanol–water partition coefficient (Wildman–Crippen LogP) is 1.70. The second kappa shape index (κ2) is 6.09. The highest BCUT2D eigenvalue weighted by Crippen LogP contribution is 2.17. The molecule has 0 aromatic rings. The van der Waals surface area contributed by atoms with Gasteiger partial charge in [-0.05, 0) is 46.4 Å². The van der Waals surface area contributed by atoms with Crippen LogP contribution in [0, 0.1) is 11.3 Å². The Hall–Kier alpha value is -0.590. The highest BCUT2D eigenvalue weighted by atomic mass is 15.2. The molecule has 0 radical (unpaired) electrons. The fraction of sp³-hybridized carbons (Fsp3) is 0.917. The van der Waals surface area contributed by atoms with Gasteiger partial charge in [0.15, 0.2) is 0 Å². The number of rotatable bonds is 4. The van der Waals surface area contributed by atoms with E-state index in [-0.39, 0.29) is 0 Å². The maximum absolute atomic E-state index is 8.68. The van der Waals surface area contributed by atoms with Crippen LogP contribution in [0.1, 0.15) is 33.1 Å². The third kappa shape index (κ3) is 3.48. The predicted molar refractivity (Wildman–Crippen MR) is 62.6 cm³/mol. The Labute approximate surface area is 93.7 Å². The summed E-state index contributed by atoms with van der Waals surface area (Å²) in [6.45, 7) is 7.97. The van der Waals surface area contributed by atoms with Gasteiger partial charge in [-0.3, -0.25) is 4.90 Å². The van der Waals surface area contributed by atoms with Crippen LogP contribution in [0.2, 0.25) is 0 Å². The van der Waals surface area contributed by atoms with E-state index in [4.69, 9.17) is 5.26 Å². The minimum absolute atomic E-state index is 0.396. The molecule has 0 aromatic carbocycles. The third-order valence-corrected chi connectivity index (χ3v) is 3.66. The van der Waals surface area contributed by atoms with Crippen LogP contribution >= 0.6 is 0 Å². The summed E-state index contributed by atoms with van der Waals surface area (Å²) in [5.74, 6) is 0. The van der Waals surface area contributed by atoms with Crippen LogP contribution < -0.4 is 0 Å². The van der Waals surface area contributed by atoms with E-state index in [9.17, 15) is 0 Å². The molecule has 0 aliphatic carbocycles. The number of piperidine rings is 1. The zero-order valence-corrected chi connectivity index (χ0v) is 10.2. The van der Waals surface area contributed by atoms with Gasteiger partial charge in [-0.25, -0.2) is 0 Å². The molecule has 0 spiro atoms. The molecule has 3 heteroatoms. The summed E-state index contributed by atoms with van der Waals surface area (Å²) in [6, 6.07) is 3.33. The molecule has 1 aliphatic rings. The molecule has 3 nitrogen and oxygen atoms in total. The molecule has 0 bridgehead atoms. The van der Waals surface area contributed by atoms with Gasteiger partial charge < -0.3 is 4.90 Å². The lowest BCUT2D eigenvalue weighted by atomic mass is 10.0. The molecule has 1 aliphatic heterocycles. The molecule has 1 atom stereocenters. The summed E-state index contributed by atoms with van der Waals surface area (Å²) in [5, 5.41) is 8.68. The van der Waals surface area contributed by atoms with Gasteiger partial charge >= 0.3 is 0 Å². The van der Waals surface area contributed by atoms with Crippen LogP contribution in [0.5, 0.6) is 0 Å². The molecule has 0 aromatic heterocycles. The van der Waals surface area contributed by atoms with Crippen molar-refractivity contribution < 1.29 is 0 Å². The van der Waals surface area contributed by atoms with Gasteiger partial charge in [0.1, 0.15) is 0 Å². The van der Waals surface area contributed by atoms with E-state index < -0.39 is 0 Å². The van der Waals surface area contributed by atoms with Crippen molar-refractivity contribution >= 4 is 0 Å². The highest BCUT2D eigenvalue weighted by Gasteiger charge is 2.24. The number of hydrogen-bond acceptors (Lipinski definition) is 3. The van der Waals surface area contributed by atoms with Crippen molar-refractivity contribution in [2.75, 3.05) is 26.7 Å². The minimum atomic E-state index is 0.396. The van der Waals surface area contributed by atoms with E-state index in [1.165, 1.54) is 32.5 Å². The lowest BCUT2D eigenvalue weighted by Gasteiger charge is -2.38. The topological polar surface area (TPSA) is 30.3 Å². The Bertz CT molecular complexity index is 213. The molecular weight excluding hydrogens is 186 g/mol. The van der Waals surface area contributed by atoms with E-state index in [1.54, 1.807) is 0 Å². The summed E-state index contributed by atoms with van der Waals surface area (Å²) >= 11 is 0. The second-order valence-corrected chi connectivity index (χ2v) is 4.54. The first-order chi connectivity index (χ1) is 7.19. The van der Waals surface area contributed by atoms with E-state index in [0.717, 1.165) is 0 Å². The quantitative estimate of drug-likeness (QED) is 0.706. The van der Waals surface area contributed by atoms with Crippen LogP contribution in [0.4, 0.5) is 0 Å². The Morgan fingerprint density at radius 3 is 2.53 bits per heavy atom. The first kappa shape index (κ1) is 12.5. The van der Waals surface area contributed by atoms with Crippen molar-refractivity contribution in [2.24, 2.45) is 0 Å². The summed E-state index contributed by atoms with van der Waals surface area (Å²) in [7, 11) is 2.16. The van der Waals surface area contributed by atoms with E-state index in [1.807, 2.05) is 0 Å². The van der Waals surface area contributed by atoms with E-state index in [0.29, 0.717) is 18.5 Å². The van der Waals surface area contributed by atoms with Gasteiger partial charge in [0.25, 0.3) is 0 Å². The Morgan fingerprint density at radius 2 is 2.07 bits per heavy atom. The SMILES string of the molecule is CCN1CCC(N(C)C(C)CC#N)CC1. The van der Waals surface area contributed by atoms with E-state index in [2.05, 4.69) is 36.8 Å². The number of likely N-dealkylation sites (tertiary alicyclic amines) is 1. The average Bonchev–Trinajstić information content (AvgIpc) is 2.28. The fourth-order valence-electron chi connectivity index (χ4n) is 2.28. The van der Waals surface area contributed by atoms with Gasteiger partial charge in [0, 0.05) is 12.1 Å².